The van der Waals surface area contributed by atoms with E-state index < -0.39 is 5.54 Å². The lowest BCUT2D eigenvalue weighted by molar-refractivity contribution is -0.147. The summed E-state index contributed by atoms with van der Waals surface area (Å²) in [6.07, 6.45) is 1.99. The summed E-state index contributed by atoms with van der Waals surface area (Å²) in [5.41, 5.74) is 1.42. The summed E-state index contributed by atoms with van der Waals surface area (Å²) in [5.74, 6) is -0.270. The number of esters is 1. The second-order valence-electron chi connectivity index (χ2n) is 6.40. The van der Waals surface area contributed by atoms with Crippen LogP contribution in [0.5, 0.6) is 0 Å². The molecule has 0 atom stereocenters. The maximum Gasteiger partial charge on any atom is 0.325 e. The highest BCUT2D eigenvalue weighted by Crippen LogP contribution is 2.24. The molecule has 1 rings (SSSR count). The zero-order chi connectivity index (χ0) is 14.8. The standard InChI is InChI=1S/C14H25N3O2/c1-13(2,3)11-10(9-17(6)16-11)8-15-14(4,5)12(18)19-7/h9,15H,8H2,1-7H3. The van der Waals surface area contributed by atoms with Gasteiger partial charge < -0.3 is 4.74 Å². The summed E-state index contributed by atoms with van der Waals surface area (Å²) in [6, 6.07) is 0. The van der Waals surface area contributed by atoms with Crippen molar-refractivity contribution >= 4 is 5.97 Å². The molecule has 0 unspecified atom stereocenters. The summed E-state index contributed by atoms with van der Waals surface area (Å²) in [6.45, 7) is 10.6. The Balaban J connectivity index is 2.87. The van der Waals surface area contributed by atoms with Gasteiger partial charge in [0.05, 0.1) is 12.8 Å². The molecule has 0 saturated heterocycles. The molecule has 0 aliphatic rings. The fourth-order valence-electron chi connectivity index (χ4n) is 1.94. The highest BCUT2D eigenvalue weighted by Gasteiger charge is 2.29. The quantitative estimate of drug-likeness (QED) is 0.845. The fraction of sp³-hybridized carbons (Fsp3) is 0.714. The van der Waals surface area contributed by atoms with Gasteiger partial charge in [0.15, 0.2) is 0 Å². The van der Waals surface area contributed by atoms with Gasteiger partial charge in [0.25, 0.3) is 0 Å². The van der Waals surface area contributed by atoms with E-state index in [-0.39, 0.29) is 11.4 Å². The monoisotopic (exact) mass is 267 g/mol. The number of aryl methyl sites for hydroxylation is 1. The Bertz CT molecular complexity index is 456. The highest BCUT2D eigenvalue weighted by atomic mass is 16.5. The van der Waals surface area contributed by atoms with Crippen LogP contribution in [0, 0.1) is 0 Å². The smallest absolute Gasteiger partial charge is 0.325 e. The van der Waals surface area contributed by atoms with E-state index in [0.29, 0.717) is 6.54 Å². The van der Waals surface area contributed by atoms with Gasteiger partial charge in [-0.2, -0.15) is 5.10 Å². The average molecular weight is 267 g/mol. The number of hydrogen-bond donors (Lipinski definition) is 1. The van der Waals surface area contributed by atoms with Crippen LogP contribution in [0.4, 0.5) is 0 Å². The van der Waals surface area contributed by atoms with Gasteiger partial charge >= 0.3 is 5.97 Å². The van der Waals surface area contributed by atoms with E-state index in [2.05, 4.69) is 31.2 Å². The van der Waals surface area contributed by atoms with Crippen molar-refractivity contribution in [2.75, 3.05) is 7.11 Å². The third-order valence-electron chi connectivity index (χ3n) is 3.03. The van der Waals surface area contributed by atoms with Crippen LogP contribution in [-0.4, -0.2) is 28.4 Å². The largest absolute Gasteiger partial charge is 0.468 e. The molecule has 0 aliphatic carbocycles. The number of rotatable bonds is 4. The van der Waals surface area contributed by atoms with E-state index in [1.54, 1.807) is 0 Å². The molecule has 0 aromatic carbocycles. The summed E-state index contributed by atoms with van der Waals surface area (Å²) < 4.78 is 6.59. The molecule has 108 valence electrons. The summed E-state index contributed by atoms with van der Waals surface area (Å²) in [4.78, 5) is 11.6. The molecular weight excluding hydrogens is 242 g/mol. The summed E-state index contributed by atoms with van der Waals surface area (Å²) >= 11 is 0. The maximum absolute atomic E-state index is 11.6. The molecule has 5 heteroatoms. The molecule has 0 fully saturated rings. The van der Waals surface area contributed by atoms with Crippen LogP contribution in [0.15, 0.2) is 6.20 Å². The third-order valence-corrected chi connectivity index (χ3v) is 3.03. The van der Waals surface area contributed by atoms with Gasteiger partial charge in [-0.3, -0.25) is 14.8 Å². The lowest BCUT2D eigenvalue weighted by Crippen LogP contribution is -2.47. The second kappa shape index (κ2) is 5.33. The van der Waals surface area contributed by atoms with E-state index >= 15 is 0 Å². The Kier molecular flexibility index (Phi) is 4.40. The zero-order valence-electron chi connectivity index (χ0n) is 13.0. The summed E-state index contributed by atoms with van der Waals surface area (Å²) in [5, 5.41) is 7.73. The van der Waals surface area contributed by atoms with Crippen LogP contribution in [0.1, 0.15) is 45.9 Å². The normalized spacial score (nSPS) is 12.6. The van der Waals surface area contributed by atoms with Gasteiger partial charge in [-0.05, 0) is 13.8 Å². The SMILES string of the molecule is COC(=O)C(C)(C)NCc1cn(C)nc1C(C)(C)C. The van der Waals surface area contributed by atoms with Gasteiger partial charge in [0, 0.05) is 30.8 Å². The van der Waals surface area contributed by atoms with Gasteiger partial charge in [-0.25, -0.2) is 0 Å². The van der Waals surface area contributed by atoms with Crippen LogP contribution in [0.25, 0.3) is 0 Å². The molecule has 1 aromatic rings. The number of nitrogens with zero attached hydrogens (tertiary/aromatic N) is 2. The Morgan fingerprint density at radius 2 is 1.95 bits per heavy atom. The van der Waals surface area contributed by atoms with Gasteiger partial charge in [0.1, 0.15) is 5.54 Å². The van der Waals surface area contributed by atoms with Crippen LogP contribution in [0.3, 0.4) is 0 Å². The topological polar surface area (TPSA) is 56.1 Å². The van der Waals surface area contributed by atoms with Crippen molar-refractivity contribution in [3.8, 4) is 0 Å². The van der Waals surface area contributed by atoms with Gasteiger partial charge in [-0.1, -0.05) is 20.8 Å². The van der Waals surface area contributed by atoms with Crippen molar-refractivity contribution in [1.29, 1.82) is 0 Å². The van der Waals surface area contributed by atoms with Gasteiger partial charge in [0.2, 0.25) is 0 Å². The van der Waals surface area contributed by atoms with Crippen LogP contribution < -0.4 is 5.32 Å². The Morgan fingerprint density at radius 3 is 2.42 bits per heavy atom. The molecule has 0 amide bonds. The molecule has 0 saturated carbocycles. The van der Waals surface area contributed by atoms with Crippen LogP contribution >= 0.6 is 0 Å². The van der Waals surface area contributed by atoms with Gasteiger partial charge in [-0.15, -0.1) is 0 Å². The molecular formula is C14H25N3O2. The van der Waals surface area contributed by atoms with Crippen molar-refractivity contribution in [2.24, 2.45) is 7.05 Å². The van der Waals surface area contributed by atoms with Crippen molar-refractivity contribution in [3.63, 3.8) is 0 Å². The predicted octanol–water partition coefficient (Wildman–Crippen LogP) is 1.76. The number of methoxy groups -OCH3 is 1. The van der Waals surface area contributed by atoms with Crippen LogP contribution in [0.2, 0.25) is 0 Å². The number of carbonyl (C=O) groups excluding carboxylic acids is 1. The molecule has 1 heterocycles. The number of aromatic nitrogens is 2. The minimum absolute atomic E-state index is 0.0202. The number of ether oxygens (including phenoxy) is 1. The van der Waals surface area contributed by atoms with Crippen molar-refractivity contribution in [3.05, 3.63) is 17.5 Å². The second-order valence-corrected chi connectivity index (χ2v) is 6.40. The van der Waals surface area contributed by atoms with Crippen molar-refractivity contribution in [2.45, 2.75) is 52.1 Å². The lowest BCUT2D eigenvalue weighted by Gasteiger charge is -2.24. The molecule has 0 bridgehead atoms. The molecule has 1 N–H and O–H groups in total. The molecule has 5 nitrogen and oxygen atoms in total. The molecule has 19 heavy (non-hydrogen) atoms. The van der Waals surface area contributed by atoms with E-state index in [9.17, 15) is 4.79 Å². The third kappa shape index (κ3) is 3.80. The Hall–Kier alpha value is -1.36. The predicted molar refractivity (Wildman–Crippen MR) is 74.8 cm³/mol. The van der Waals surface area contributed by atoms with Crippen molar-refractivity contribution in [1.82, 2.24) is 15.1 Å². The Labute approximate surface area is 115 Å². The average Bonchev–Trinajstić information content (AvgIpc) is 2.66. The van der Waals surface area contributed by atoms with Crippen LogP contribution in [-0.2, 0) is 28.5 Å². The summed E-state index contributed by atoms with van der Waals surface area (Å²) in [7, 11) is 3.31. The fourth-order valence-corrected chi connectivity index (χ4v) is 1.94. The lowest BCUT2D eigenvalue weighted by atomic mass is 9.89. The highest BCUT2D eigenvalue weighted by molar-refractivity contribution is 5.79. The maximum atomic E-state index is 11.6. The minimum atomic E-state index is -0.709. The number of carbonyl (C=O) groups is 1. The minimum Gasteiger partial charge on any atom is -0.468 e. The molecule has 0 radical (unpaired) electrons. The molecule has 0 aliphatic heterocycles. The van der Waals surface area contributed by atoms with Crippen molar-refractivity contribution < 1.29 is 9.53 Å². The van der Waals surface area contributed by atoms with E-state index in [1.807, 2.05) is 31.8 Å². The first-order valence-electron chi connectivity index (χ1n) is 6.44. The van der Waals surface area contributed by atoms with E-state index in [4.69, 9.17) is 4.74 Å². The van der Waals surface area contributed by atoms with E-state index in [0.717, 1.165) is 11.3 Å². The van der Waals surface area contributed by atoms with E-state index in [1.165, 1.54) is 7.11 Å². The zero-order valence-corrected chi connectivity index (χ0v) is 13.0. The Morgan fingerprint density at radius 1 is 1.37 bits per heavy atom. The first kappa shape index (κ1) is 15.7. The number of nitrogens with one attached hydrogen (secondary N) is 1. The first-order valence-corrected chi connectivity index (χ1v) is 6.44. The first-order chi connectivity index (χ1) is 8.58. The molecule has 1 aromatic heterocycles. The molecule has 0 spiro atoms. The number of hydrogen-bond acceptors (Lipinski definition) is 4.